The maximum atomic E-state index is 12.8. The average Bonchev–Trinajstić information content (AvgIpc) is 2.74. The number of halogens is 4. The average molecular weight is 373 g/mol. The van der Waals surface area contributed by atoms with E-state index >= 15 is 0 Å². The maximum absolute atomic E-state index is 12.8. The molecule has 0 spiro atoms. The zero-order valence-electron chi connectivity index (χ0n) is 11.6. The minimum atomic E-state index is -4.21. The first-order valence-corrected chi connectivity index (χ1v) is 8.21. The highest BCUT2D eigenvalue weighted by atomic mass is 79.9. The number of alkyl halides is 3. The fraction of sp³-hybridized carbons (Fsp3) is 0.692. The predicted octanol–water partition coefficient (Wildman–Crippen LogP) is 4.56. The summed E-state index contributed by atoms with van der Waals surface area (Å²) in [6, 6.07) is 3.01. The van der Waals surface area contributed by atoms with Crippen molar-refractivity contribution < 1.29 is 13.2 Å². The Morgan fingerprint density at radius 2 is 2.00 bits per heavy atom. The molecule has 2 atom stereocenters. The molecule has 2 nitrogen and oxygen atoms in total. The Hall–Kier alpha value is -0.110. The predicted molar refractivity (Wildman–Crippen MR) is 80.9 cm³/mol. The van der Waals surface area contributed by atoms with Crippen molar-refractivity contribution in [2.24, 2.45) is 5.73 Å². The van der Waals surface area contributed by atoms with Crippen molar-refractivity contribution in [3.05, 3.63) is 20.8 Å². The van der Waals surface area contributed by atoms with Crippen LogP contribution in [0.4, 0.5) is 13.2 Å². The Morgan fingerprint density at radius 1 is 1.35 bits per heavy atom. The minimum Gasteiger partial charge on any atom is -0.326 e. The van der Waals surface area contributed by atoms with Gasteiger partial charge in [0.1, 0.15) is 0 Å². The molecular formula is C13H20BrF3N2S. The molecule has 0 bridgehead atoms. The second-order valence-electron chi connectivity index (χ2n) is 4.74. The highest BCUT2D eigenvalue weighted by Crippen LogP contribution is 2.35. The van der Waals surface area contributed by atoms with Gasteiger partial charge in [-0.05, 0) is 47.4 Å². The van der Waals surface area contributed by atoms with E-state index in [0.29, 0.717) is 19.4 Å². The van der Waals surface area contributed by atoms with Gasteiger partial charge in [0.25, 0.3) is 0 Å². The van der Waals surface area contributed by atoms with Gasteiger partial charge in [-0.2, -0.15) is 13.2 Å². The molecule has 0 saturated heterocycles. The summed E-state index contributed by atoms with van der Waals surface area (Å²) in [6.07, 6.45) is -2.91. The largest absolute Gasteiger partial charge is 0.401 e. The third kappa shape index (κ3) is 5.35. The van der Waals surface area contributed by atoms with E-state index in [0.717, 1.165) is 8.66 Å². The molecule has 116 valence electrons. The van der Waals surface area contributed by atoms with E-state index in [1.165, 1.54) is 16.2 Å². The van der Waals surface area contributed by atoms with Crippen LogP contribution in [0.15, 0.2) is 15.9 Å². The Bertz CT molecular complexity index is 409. The van der Waals surface area contributed by atoms with Crippen LogP contribution in [0.3, 0.4) is 0 Å². The van der Waals surface area contributed by atoms with E-state index in [-0.39, 0.29) is 6.04 Å². The number of thiophene rings is 1. The van der Waals surface area contributed by atoms with Crippen molar-refractivity contribution in [3.63, 3.8) is 0 Å². The second-order valence-corrected chi connectivity index (χ2v) is 7.24. The first kappa shape index (κ1) is 17.9. The smallest absolute Gasteiger partial charge is 0.326 e. The quantitative estimate of drug-likeness (QED) is 0.759. The monoisotopic (exact) mass is 372 g/mol. The zero-order valence-corrected chi connectivity index (χ0v) is 14.0. The van der Waals surface area contributed by atoms with Crippen LogP contribution in [-0.2, 0) is 0 Å². The number of nitrogens with two attached hydrogens (primary N) is 1. The molecule has 0 saturated carbocycles. The molecule has 7 heteroatoms. The second kappa shape index (κ2) is 7.77. The third-order valence-electron chi connectivity index (χ3n) is 3.05. The molecule has 0 radical (unpaired) electrons. The Kier molecular flexibility index (Phi) is 6.97. The van der Waals surface area contributed by atoms with Gasteiger partial charge < -0.3 is 5.73 Å². The third-order valence-corrected chi connectivity index (χ3v) is 4.74. The van der Waals surface area contributed by atoms with Crippen molar-refractivity contribution in [2.45, 2.75) is 44.9 Å². The van der Waals surface area contributed by atoms with Crippen molar-refractivity contribution in [1.29, 1.82) is 0 Å². The first-order valence-electron chi connectivity index (χ1n) is 6.60. The molecule has 2 N–H and O–H groups in total. The lowest BCUT2D eigenvalue weighted by Crippen LogP contribution is -2.45. The lowest BCUT2D eigenvalue weighted by atomic mass is 10.0. The lowest BCUT2D eigenvalue weighted by Gasteiger charge is -2.35. The molecule has 0 fully saturated rings. The summed E-state index contributed by atoms with van der Waals surface area (Å²) in [4.78, 5) is 2.33. The van der Waals surface area contributed by atoms with Crippen molar-refractivity contribution >= 4 is 27.3 Å². The van der Waals surface area contributed by atoms with Crippen LogP contribution in [0, 0.1) is 0 Å². The molecule has 2 unspecified atom stereocenters. The molecular weight excluding hydrogens is 353 g/mol. The van der Waals surface area contributed by atoms with Gasteiger partial charge in [0.05, 0.1) is 16.4 Å². The van der Waals surface area contributed by atoms with Crippen LogP contribution >= 0.6 is 27.3 Å². The molecule has 0 aliphatic carbocycles. The van der Waals surface area contributed by atoms with Crippen LogP contribution in [0.2, 0.25) is 0 Å². The molecule has 0 amide bonds. The normalized spacial score (nSPS) is 15.6. The number of rotatable bonds is 7. The van der Waals surface area contributed by atoms with Crippen molar-refractivity contribution in [1.82, 2.24) is 4.90 Å². The summed E-state index contributed by atoms with van der Waals surface area (Å²) in [5.41, 5.74) is 6.09. The van der Waals surface area contributed by atoms with Crippen LogP contribution in [0.5, 0.6) is 0 Å². The molecule has 0 aliphatic rings. The van der Waals surface area contributed by atoms with Crippen LogP contribution < -0.4 is 5.73 Å². The highest BCUT2D eigenvalue weighted by molar-refractivity contribution is 9.11. The summed E-state index contributed by atoms with van der Waals surface area (Å²) in [5, 5.41) is 0. The van der Waals surface area contributed by atoms with Crippen LogP contribution in [0.1, 0.15) is 37.6 Å². The Balaban J connectivity index is 3.04. The Labute approximate surface area is 130 Å². The molecule has 0 aromatic carbocycles. The fourth-order valence-electron chi connectivity index (χ4n) is 2.21. The van der Waals surface area contributed by atoms with Crippen LogP contribution in [0.25, 0.3) is 0 Å². The van der Waals surface area contributed by atoms with E-state index < -0.39 is 18.8 Å². The molecule has 1 aromatic rings. The van der Waals surface area contributed by atoms with E-state index in [9.17, 15) is 13.2 Å². The fourth-order valence-corrected chi connectivity index (χ4v) is 3.84. The molecule has 1 rings (SSSR count). The first-order chi connectivity index (χ1) is 9.28. The lowest BCUT2D eigenvalue weighted by molar-refractivity contribution is -0.152. The summed E-state index contributed by atoms with van der Waals surface area (Å²) < 4.78 is 39.3. The van der Waals surface area contributed by atoms with E-state index in [1.807, 2.05) is 26.0 Å². The SMILES string of the molecule is CCCN(CC(F)(F)F)C(c1ccc(Br)s1)C(N)CC. The standard InChI is InChI=1S/C13H20BrF3N2S/c1-3-7-19(8-13(15,16)17)12(9(18)4-2)10-5-6-11(14)20-10/h5-6,9,12H,3-4,7-8,18H2,1-2H3. The summed E-state index contributed by atoms with van der Waals surface area (Å²) >= 11 is 4.81. The van der Waals surface area contributed by atoms with Gasteiger partial charge in [-0.25, -0.2) is 0 Å². The molecule has 0 aliphatic heterocycles. The van der Waals surface area contributed by atoms with Gasteiger partial charge in [-0.3, -0.25) is 4.90 Å². The van der Waals surface area contributed by atoms with E-state index in [2.05, 4.69) is 15.9 Å². The van der Waals surface area contributed by atoms with Gasteiger partial charge >= 0.3 is 6.18 Å². The van der Waals surface area contributed by atoms with Crippen molar-refractivity contribution in [3.8, 4) is 0 Å². The zero-order chi connectivity index (χ0) is 15.3. The highest BCUT2D eigenvalue weighted by Gasteiger charge is 2.36. The number of hydrogen-bond acceptors (Lipinski definition) is 3. The van der Waals surface area contributed by atoms with Gasteiger partial charge in [0.15, 0.2) is 0 Å². The van der Waals surface area contributed by atoms with Gasteiger partial charge in [0.2, 0.25) is 0 Å². The molecule has 20 heavy (non-hydrogen) atoms. The number of hydrogen-bond donors (Lipinski definition) is 1. The van der Waals surface area contributed by atoms with E-state index in [1.54, 1.807) is 0 Å². The molecule has 1 heterocycles. The van der Waals surface area contributed by atoms with Gasteiger partial charge in [0, 0.05) is 10.9 Å². The van der Waals surface area contributed by atoms with E-state index in [4.69, 9.17) is 5.73 Å². The number of nitrogens with zero attached hydrogens (tertiary/aromatic N) is 1. The maximum Gasteiger partial charge on any atom is 0.401 e. The molecule has 1 aromatic heterocycles. The van der Waals surface area contributed by atoms with Crippen LogP contribution in [-0.4, -0.2) is 30.2 Å². The Morgan fingerprint density at radius 3 is 2.40 bits per heavy atom. The van der Waals surface area contributed by atoms with Crippen molar-refractivity contribution in [2.75, 3.05) is 13.1 Å². The topological polar surface area (TPSA) is 29.3 Å². The van der Waals surface area contributed by atoms with Gasteiger partial charge in [-0.15, -0.1) is 11.3 Å². The van der Waals surface area contributed by atoms with Gasteiger partial charge in [-0.1, -0.05) is 13.8 Å². The minimum absolute atomic E-state index is 0.311. The summed E-state index contributed by atoms with van der Waals surface area (Å²) in [6.45, 7) is 3.24. The summed E-state index contributed by atoms with van der Waals surface area (Å²) in [5.74, 6) is 0. The summed E-state index contributed by atoms with van der Waals surface area (Å²) in [7, 11) is 0.